The third-order valence-electron chi connectivity index (χ3n) is 2.35. The van der Waals surface area contributed by atoms with Crippen LogP contribution >= 0.6 is 17.2 Å². The quantitative estimate of drug-likeness (QED) is 0.262. The van der Waals surface area contributed by atoms with Gasteiger partial charge >= 0.3 is 17.2 Å². The molecule has 0 aromatic carbocycles. The van der Waals surface area contributed by atoms with E-state index >= 15 is 0 Å². The molecule has 0 spiro atoms. The van der Waals surface area contributed by atoms with Gasteiger partial charge in [0.15, 0.2) is 0 Å². The summed E-state index contributed by atoms with van der Waals surface area (Å²) in [4.78, 5) is 31.3. The summed E-state index contributed by atoms with van der Waals surface area (Å²) < 4.78 is 3.60. The van der Waals surface area contributed by atoms with E-state index in [0.29, 0.717) is 0 Å². The Bertz CT molecular complexity index is 187. The zero-order valence-electron chi connectivity index (χ0n) is 10.0. The van der Waals surface area contributed by atoms with E-state index in [4.69, 9.17) is 34.9 Å². The van der Waals surface area contributed by atoms with Crippen LogP contribution in [0.2, 0.25) is 0 Å². The van der Waals surface area contributed by atoms with E-state index in [2.05, 4.69) is 4.31 Å². The average molecular weight is 310 g/mol. The molecule has 0 aliphatic heterocycles. The average Bonchev–Trinajstić information content (AvgIpc) is 2.17. The molecule has 8 N–H and O–H groups in total. The van der Waals surface area contributed by atoms with Crippen molar-refractivity contribution in [1.82, 2.24) is 0 Å². The molecule has 0 radical (unpaired) electrons. The summed E-state index contributed by atoms with van der Waals surface area (Å²) in [6, 6.07) is 0. The molecule has 112 valence electrons. The van der Waals surface area contributed by atoms with Gasteiger partial charge in [0.2, 0.25) is 0 Å². The summed E-state index contributed by atoms with van der Waals surface area (Å²) in [5.74, 6) is 0. The minimum absolute atomic E-state index is 0.441. The van der Waals surface area contributed by atoms with Gasteiger partial charge in [0.1, 0.15) is 0 Å². The van der Waals surface area contributed by atoms with E-state index in [-0.39, 0.29) is 0 Å². The van der Waals surface area contributed by atoms with Crippen molar-refractivity contribution in [3.63, 3.8) is 0 Å². The summed E-state index contributed by atoms with van der Waals surface area (Å²) in [6.07, 6.45) is 0. The fraction of sp³-hybridized carbons (Fsp3) is 1.00. The Balaban J connectivity index is 0. The Morgan fingerprint density at radius 1 is 0.833 bits per heavy atom. The van der Waals surface area contributed by atoms with E-state index in [1.54, 1.807) is 0 Å². The largest absolute Gasteiger partial charge is 0.395 e. The summed E-state index contributed by atoms with van der Waals surface area (Å²) >= 11 is 0. The third kappa shape index (κ3) is 7.83. The van der Waals surface area contributed by atoms with Gasteiger partial charge in [0.25, 0.3) is 0 Å². The second-order valence-corrected chi connectivity index (χ2v) is 5.56. The van der Waals surface area contributed by atoms with Crippen LogP contribution in [-0.4, -0.2) is 65.4 Å². The fourth-order valence-corrected chi connectivity index (χ4v) is 1.32. The zero-order chi connectivity index (χ0) is 15.0. The van der Waals surface area contributed by atoms with Crippen LogP contribution in [0.4, 0.5) is 0 Å². The Morgan fingerprint density at radius 2 is 1.11 bits per heavy atom. The first-order chi connectivity index (χ1) is 8.06. The summed E-state index contributed by atoms with van der Waals surface area (Å²) in [6.45, 7) is 1.56. The highest BCUT2D eigenvalue weighted by Crippen LogP contribution is 2.41. The first-order valence-corrected chi connectivity index (χ1v) is 6.98. The highest BCUT2D eigenvalue weighted by Gasteiger charge is 2.42. The van der Waals surface area contributed by atoms with Gasteiger partial charge in [-0.25, -0.2) is 4.31 Å². The van der Waals surface area contributed by atoms with Gasteiger partial charge in [-0.05, 0) is 13.8 Å². The maximum Gasteiger partial charge on any atom is 0.334 e. The summed E-state index contributed by atoms with van der Waals surface area (Å²) in [7, 11) is -5.22. The molecule has 0 unspecified atom stereocenters. The van der Waals surface area contributed by atoms with Crippen LogP contribution in [0.5, 0.6) is 0 Å². The van der Waals surface area contributed by atoms with E-state index in [1.807, 2.05) is 0 Å². The maximum atomic E-state index is 9.45. The molecule has 0 aromatic rings. The number of aliphatic hydroxyl groups is 4. The molecule has 0 amide bonds. The SMILES string of the molecule is CC(C)(O)C(CO)(CO)CO.OP(O)OP(O)O. The second-order valence-electron chi connectivity index (χ2n) is 3.90. The van der Waals surface area contributed by atoms with E-state index in [9.17, 15) is 5.11 Å². The molecule has 0 aromatic heterocycles. The molecule has 0 bridgehead atoms. The lowest BCUT2D eigenvalue weighted by atomic mass is 9.76. The van der Waals surface area contributed by atoms with Crippen molar-refractivity contribution in [3.05, 3.63) is 0 Å². The third-order valence-corrected chi connectivity index (χ3v) is 3.52. The molecule has 0 atom stereocenters. The standard InChI is InChI=1S/C7H16O4.H4O5P2/c1-6(2,11)7(3-8,4-9)5-10;1-6(2)5-7(3)4/h8-11H,3-5H2,1-2H3;1-4H. The van der Waals surface area contributed by atoms with Gasteiger partial charge in [-0.2, -0.15) is 0 Å². The van der Waals surface area contributed by atoms with Crippen molar-refractivity contribution in [3.8, 4) is 0 Å². The molecule has 11 heteroatoms. The van der Waals surface area contributed by atoms with Crippen LogP contribution in [0.1, 0.15) is 13.8 Å². The second kappa shape index (κ2) is 9.41. The smallest absolute Gasteiger partial charge is 0.334 e. The molecule has 0 rings (SSSR count). The van der Waals surface area contributed by atoms with Crippen molar-refractivity contribution >= 4 is 17.2 Å². The van der Waals surface area contributed by atoms with Crippen molar-refractivity contribution in [2.24, 2.45) is 5.41 Å². The van der Waals surface area contributed by atoms with Gasteiger partial charge in [0, 0.05) is 0 Å². The van der Waals surface area contributed by atoms with Crippen LogP contribution in [-0.2, 0) is 4.31 Å². The highest BCUT2D eigenvalue weighted by molar-refractivity contribution is 7.53. The number of aliphatic hydroxyl groups excluding tert-OH is 3. The molecule has 0 heterocycles. The van der Waals surface area contributed by atoms with Gasteiger partial charge in [-0.15, -0.1) is 0 Å². The van der Waals surface area contributed by atoms with Crippen molar-refractivity contribution in [2.45, 2.75) is 19.4 Å². The van der Waals surface area contributed by atoms with E-state index < -0.39 is 48.0 Å². The van der Waals surface area contributed by atoms with Gasteiger partial charge in [-0.1, -0.05) is 0 Å². The highest BCUT2D eigenvalue weighted by atomic mass is 31.2. The first-order valence-electron chi connectivity index (χ1n) is 4.65. The van der Waals surface area contributed by atoms with Gasteiger partial charge < -0.3 is 40.0 Å². The molecule has 18 heavy (non-hydrogen) atoms. The minimum atomic E-state index is -2.61. The Labute approximate surface area is 107 Å². The number of rotatable bonds is 6. The van der Waals surface area contributed by atoms with E-state index in [1.165, 1.54) is 13.8 Å². The van der Waals surface area contributed by atoms with Crippen molar-refractivity contribution < 1.29 is 44.3 Å². The van der Waals surface area contributed by atoms with E-state index in [0.717, 1.165) is 0 Å². The van der Waals surface area contributed by atoms with Gasteiger partial charge in [0.05, 0.1) is 30.8 Å². The molecule has 0 aliphatic carbocycles. The predicted octanol–water partition coefficient (Wildman–Crippen LogP) is -1.85. The summed E-state index contributed by atoms with van der Waals surface area (Å²) in [5.41, 5.74) is -2.50. The van der Waals surface area contributed by atoms with Crippen LogP contribution in [0.15, 0.2) is 0 Å². The lowest BCUT2D eigenvalue weighted by Gasteiger charge is -2.38. The molecule has 0 fully saturated rings. The lowest BCUT2D eigenvalue weighted by Crippen LogP contribution is -2.51. The van der Waals surface area contributed by atoms with Crippen LogP contribution < -0.4 is 0 Å². The molecular formula is C7H20O9P2. The topological polar surface area (TPSA) is 171 Å². The van der Waals surface area contributed by atoms with Crippen LogP contribution in [0, 0.1) is 5.41 Å². The zero-order valence-corrected chi connectivity index (χ0v) is 11.8. The number of hydrogen-bond donors (Lipinski definition) is 8. The van der Waals surface area contributed by atoms with Gasteiger partial charge in [-0.3, -0.25) is 0 Å². The normalized spacial score (nSPS) is 12.7. The molecular weight excluding hydrogens is 290 g/mol. The monoisotopic (exact) mass is 310 g/mol. The van der Waals surface area contributed by atoms with Crippen LogP contribution in [0.3, 0.4) is 0 Å². The summed E-state index contributed by atoms with van der Waals surface area (Å²) in [5, 5.41) is 35.9. The number of hydrogen-bond acceptors (Lipinski definition) is 9. The Morgan fingerprint density at radius 3 is 1.11 bits per heavy atom. The Kier molecular flexibility index (Phi) is 10.9. The first kappa shape index (κ1) is 20.8. The fourth-order valence-electron chi connectivity index (χ4n) is 0.796. The van der Waals surface area contributed by atoms with Crippen molar-refractivity contribution in [1.29, 1.82) is 0 Å². The predicted molar refractivity (Wildman–Crippen MR) is 63.8 cm³/mol. The minimum Gasteiger partial charge on any atom is -0.395 e. The van der Waals surface area contributed by atoms with Crippen LogP contribution in [0.25, 0.3) is 0 Å². The molecule has 0 saturated heterocycles. The molecule has 0 saturated carbocycles. The Hall–Kier alpha value is 0.500. The molecule has 9 nitrogen and oxygen atoms in total. The lowest BCUT2D eigenvalue weighted by molar-refractivity contribution is -0.133. The van der Waals surface area contributed by atoms with Crippen molar-refractivity contribution in [2.75, 3.05) is 19.8 Å². The molecule has 0 aliphatic rings. The maximum absolute atomic E-state index is 9.45.